The van der Waals surface area contributed by atoms with Gasteiger partial charge in [0, 0.05) is 6.61 Å². The van der Waals surface area contributed by atoms with Crippen molar-refractivity contribution >= 4 is 5.91 Å². The van der Waals surface area contributed by atoms with E-state index in [4.69, 9.17) is 10.6 Å². The van der Waals surface area contributed by atoms with Crippen LogP contribution in [0.4, 0.5) is 0 Å². The lowest BCUT2D eigenvalue weighted by Gasteiger charge is -2.26. The Balaban J connectivity index is 2.09. The first-order chi connectivity index (χ1) is 7.06. The monoisotopic (exact) mass is 214 g/mol. The molecule has 0 unspecified atom stereocenters. The van der Waals surface area contributed by atoms with Crippen molar-refractivity contribution in [3.63, 3.8) is 0 Å². The van der Waals surface area contributed by atoms with Gasteiger partial charge < -0.3 is 4.74 Å². The van der Waals surface area contributed by atoms with E-state index >= 15 is 0 Å². The molecule has 0 radical (unpaired) electrons. The molecule has 1 aliphatic rings. The van der Waals surface area contributed by atoms with Crippen LogP contribution in [0.2, 0.25) is 0 Å². The summed E-state index contributed by atoms with van der Waals surface area (Å²) in [5.41, 5.74) is 1.62. The molecule has 1 rings (SSSR count). The van der Waals surface area contributed by atoms with Gasteiger partial charge in [0.05, 0.1) is 12.0 Å². The average molecular weight is 214 g/mol. The molecule has 1 fully saturated rings. The first-order valence-electron chi connectivity index (χ1n) is 5.65. The van der Waals surface area contributed by atoms with Crippen LogP contribution in [0.1, 0.15) is 39.5 Å². The fraction of sp³-hybridized carbons (Fsp3) is 0.909. The molecular weight excluding hydrogens is 192 g/mol. The molecule has 1 amide bonds. The van der Waals surface area contributed by atoms with Crippen molar-refractivity contribution in [1.29, 1.82) is 0 Å². The third kappa shape index (κ3) is 3.80. The van der Waals surface area contributed by atoms with Gasteiger partial charge in [0.25, 0.3) is 0 Å². The van der Waals surface area contributed by atoms with Crippen LogP contribution in [0.15, 0.2) is 0 Å². The summed E-state index contributed by atoms with van der Waals surface area (Å²) in [6.07, 6.45) is 5.18. The fourth-order valence-electron chi connectivity index (χ4n) is 1.62. The van der Waals surface area contributed by atoms with E-state index in [2.05, 4.69) is 5.43 Å². The summed E-state index contributed by atoms with van der Waals surface area (Å²) in [5, 5.41) is 0. The van der Waals surface area contributed by atoms with Crippen molar-refractivity contribution in [2.75, 3.05) is 13.2 Å². The molecule has 0 atom stereocenters. The third-order valence-electron chi connectivity index (χ3n) is 3.10. The molecule has 3 N–H and O–H groups in total. The molecule has 0 spiro atoms. The minimum absolute atomic E-state index is 0.175. The maximum Gasteiger partial charge on any atom is 0.241 e. The average Bonchev–Trinajstić information content (AvgIpc) is 2.13. The molecule has 0 bridgehead atoms. The predicted octanol–water partition coefficient (Wildman–Crippen LogP) is 1.21. The van der Waals surface area contributed by atoms with Gasteiger partial charge >= 0.3 is 0 Å². The van der Waals surface area contributed by atoms with E-state index in [9.17, 15) is 4.79 Å². The van der Waals surface area contributed by atoms with E-state index in [0.717, 1.165) is 18.9 Å². The number of ether oxygens (including phenoxy) is 1. The smallest absolute Gasteiger partial charge is 0.241 e. The van der Waals surface area contributed by atoms with E-state index in [-0.39, 0.29) is 5.91 Å². The molecule has 0 heterocycles. The Morgan fingerprint density at radius 3 is 2.67 bits per heavy atom. The molecule has 0 aromatic rings. The zero-order valence-corrected chi connectivity index (χ0v) is 9.71. The molecular formula is C11H22N2O2. The second-order valence-corrected chi connectivity index (χ2v) is 5.00. The number of carbonyl (C=O) groups excluding carboxylic acids is 1. The Morgan fingerprint density at radius 1 is 1.53 bits per heavy atom. The van der Waals surface area contributed by atoms with E-state index in [1.807, 2.05) is 13.8 Å². The van der Waals surface area contributed by atoms with Crippen LogP contribution in [-0.4, -0.2) is 19.1 Å². The first kappa shape index (κ1) is 12.5. The number of amides is 1. The van der Waals surface area contributed by atoms with Gasteiger partial charge in [-0.1, -0.05) is 19.3 Å². The highest BCUT2D eigenvalue weighted by Crippen LogP contribution is 2.29. The van der Waals surface area contributed by atoms with Crippen molar-refractivity contribution in [2.24, 2.45) is 17.2 Å². The summed E-state index contributed by atoms with van der Waals surface area (Å²) < 4.78 is 5.51. The molecule has 88 valence electrons. The van der Waals surface area contributed by atoms with Crippen LogP contribution in [0.5, 0.6) is 0 Å². The highest BCUT2D eigenvalue weighted by molar-refractivity contribution is 5.81. The van der Waals surface area contributed by atoms with Gasteiger partial charge in [0.15, 0.2) is 0 Å². The fourth-order valence-corrected chi connectivity index (χ4v) is 1.62. The van der Waals surface area contributed by atoms with Gasteiger partial charge in [-0.25, -0.2) is 5.84 Å². The second-order valence-electron chi connectivity index (χ2n) is 5.00. The highest BCUT2D eigenvalue weighted by Gasteiger charge is 2.27. The molecule has 4 nitrogen and oxygen atoms in total. The Labute approximate surface area is 91.5 Å². The number of carbonyl (C=O) groups is 1. The normalized spacial score (nSPS) is 17.3. The number of nitrogens with one attached hydrogen (secondary N) is 1. The largest absolute Gasteiger partial charge is 0.380 e. The van der Waals surface area contributed by atoms with Gasteiger partial charge in [0.2, 0.25) is 5.91 Å². The Morgan fingerprint density at radius 2 is 2.20 bits per heavy atom. The number of hydrazine groups is 1. The minimum Gasteiger partial charge on any atom is -0.380 e. The number of hydrogen-bond donors (Lipinski definition) is 2. The zero-order chi connectivity index (χ0) is 11.3. The number of hydrogen-bond acceptors (Lipinski definition) is 3. The zero-order valence-electron chi connectivity index (χ0n) is 9.71. The molecule has 1 aliphatic carbocycles. The van der Waals surface area contributed by atoms with Crippen LogP contribution in [0, 0.1) is 11.3 Å². The van der Waals surface area contributed by atoms with E-state index in [1.165, 1.54) is 19.3 Å². The van der Waals surface area contributed by atoms with E-state index in [1.54, 1.807) is 0 Å². The first-order valence-corrected chi connectivity index (χ1v) is 5.65. The molecule has 0 aromatic carbocycles. The van der Waals surface area contributed by atoms with Crippen LogP contribution in [0.3, 0.4) is 0 Å². The maximum absolute atomic E-state index is 11.3. The summed E-state index contributed by atoms with van der Waals surface area (Å²) in [7, 11) is 0. The molecule has 4 heteroatoms. The Hall–Kier alpha value is -0.610. The predicted molar refractivity (Wildman–Crippen MR) is 58.9 cm³/mol. The number of nitrogens with two attached hydrogens (primary N) is 1. The molecule has 0 aliphatic heterocycles. The van der Waals surface area contributed by atoms with Gasteiger partial charge in [-0.3, -0.25) is 10.2 Å². The lowest BCUT2D eigenvalue weighted by Crippen LogP contribution is -2.43. The Bertz CT molecular complexity index is 213. The number of rotatable bonds is 6. The summed E-state index contributed by atoms with van der Waals surface area (Å²) in [4.78, 5) is 11.3. The standard InChI is InChI=1S/C11H22N2O2/c1-11(2,10(14)13-12)8-15-7-6-9-4-3-5-9/h9H,3-8,12H2,1-2H3,(H,13,14). The minimum atomic E-state index is -0.533. The molecule has 1 saturated carbocycles. The molecule has 15 heavy (non-hydrogen) atoms. The lowest BCUT2D eigenvalue weighted by atomic mass is 9.83. The molecule has 0 saturated heterocycles. The van der Waals surface area contributed by atoms with Crippen molar-refractivity contribution in [3.8, 4) is 0 Å². The quantitative estimate of drug-likeness (QED) is 0.302. The topological polar surface area (TPSA) is 64.3 Å². The van der Waals surface area contributed by atoms with Crippen molar-refractivity contribution in [2.45, 2.75) is 39.5 Å². The summed E-state index contributed by atoms with van der Waals surface area (Å²) in [6.45, 7) is 4.85. The highest BCUT2D eigenvalue weighted by atomic mass is 16.5. The van der Waals surface area contributed by atoms with Gasteiger partial charge in [-0.15, -0.1) is 0 Å². The summed E-state index contributed by atoms with van der Waals surface area (Å²) in [6, 6.07) is 0. The van der Waals surface area contributed by atoms with Gasteiger partial charge in [-0.2, -0.15) is 0 Å². The second kappa shape index (κ2) is 5.47. The molecule has 0 aromatic heterocycles. The third-order valence-corrected chi connectivity index (χ3v) is 3.10. The van der Waals surface area contributed by atoms with Crippen molar-refractivity contribution < 1.29 is 9.53 Å². The summed E-state index contributed by atoms with van der Waals surface area (Å²) in [5.74, 6) is 5.77. The van der Waals surface area contributed by atoms with Crippen molar-refractivity contribution in [1.82, 2.24) is 5.43 Å². The van der Waals surface area contributed by atoms with Crippen molar-refractivity contribution in [3.05, 3.63) is 0 Å². The van der Waals surface area contributed by atoms with Crippen LogP contribution in [0.25, 0.3) is 0 Å². The lowest BCUT2D eigenvalue weighted by molar-refractivity contribution is -0.132. The summed E-state index contributed by atoms with van der Waals surface area (Å²) >= 11 is 0. The van der Waals surface area contributed by atoms with Gasteiger partial charge in [0.1, 0.15) is 0 Å². The maximum atomic E-state index is 11.3. The Kier molecular flexibility index (Phi) is 4.54. The van der Waals surface area contributed by atoms with Crippen LogP contribution in [-0.2, 0) is 9.53 Å². The van der Waals surface area contributed by atoms with E-state index in [0.29, 0.717) is 6.61 Å². The van der Waals surface area contributed by atoms with Crippen LogP contribution >= 0.6 is 0 Å². The van der Waals surface area contributed by atoms with E-state index < -0.39 is 5.41 Å². The SMILES string of the molecule is CC(C)(COCCC1CCC1)C(=O)NN. The van der Waals surface area contributed by atoms with Gasteiger partial charge in [-0.05, 0) is 26.2 Å². The van der Waals surface area contributed by atoms with Crippen LogP contribution < -0.4 is 11.3 Å².